The summed E-state index contributed by atoms with van der Waals surface area (Å²) in [6.45, 7) is 8.69. The molecule has 7 nitrogen and oxygen atoms in total. The summed E-state index contributed by atoms with van der Waals surface area (Å²) in [6, 6.07) is 0.576. The highest BCUT2D eigenvalue weighted by atomic mass is 16.5. The van der Waals surface area contributed by atoms with Gasteiger partial charge in [0.05, 0.1) is 6.04 Å². The van der Waals surface area contributed by atoms with Crippen LogP contribution in [0.2, 0.25) is 0 Å². The average Bonchev–Trinajstić information content (AvgIpc) is 3.24. The van der Waals surface area contributed by atoms with Gasteiger partial charge in [-0.15, -0.1) is 0 Å². The molecule has 1 amide bonds. The lowest BCUT2D eigenvalue weighted by atomic mass is 10.2. The molecule has 134 valence electrons. The van der Waals surface area contributed by atoms with Crippen LogP contribution in [-0.2, 0) is 4.79 Å². The van der Waals surface area contributed by atoms with Crippen molar-refractivity contribution in [1.82, 2.24) is 25.3 Å². The second-order valence-electron chi connectivity index (χ2n) is 7.03. The van der Waals surface area contributed by atoms with Crippen LogP contribution in [-0.4, -0.2) is 64.6 Å². The van der Waals surface area contributed by atoms with Crippen LogP contribution in [0.5, 0.6) is 0 Å². The highest BCUT2D eigenvalue weighted by Crippen LogP contribution is 2.20. The zero-order valence-corrected chi connectivity index (χ0v) is 14.8. The maximum atomic E-state index is 12.0. The number of hydrogen-bond acceptors (Lipinski definition) is 6. The number of piperazine rings is 1. The number of nitrogens with one attached hydrogen (secondary N) is 1. The fourth-order valence-corrected chi connectivity index (χ4v) is 3.64. The van der Waals surface area contributed by atoms with Crippen molar-refractivity contribution in [3.05, 3.63) is 11.7 Å². The van der Waals surface area contributed by atoms with E-state index in [4.69, 9.17) is 4.52 Å². The largest absolute Gasteiger partial charge is 0.353 e. The van der Waals surface area contributed by atoms with Crippen molar-refractivity contribution in [2.45, 2.75) is 58.0 Å². The van der Waals surface area contributed by atoms with Crippen LogP contribution in [0.4, 0.5) is 0 Å². The molecule has 3 rings (SSSR count). The molecular weight excluding hydrogens is 306 g/mol. The molecule has 1 atom stereocenters. The highest BCUT2D eigenvalue weighted by Gasteiger charge is 2.25. The maximum absolute atomic E-state index is 12.0. The first-order valence-corrected chi connectivity index (χ1v) is 9.18. The van der Waals surface area contributed by atoms with Crippen LogP contribution in [0.1, 0.15) is 56.8 Å². The Morgan fingerprint density at radius 1 is 1.29 bits per heavy atom. The topological polar surface area (TPSA) is 74.5 Å². The third-order valence-electron chi connectivity index (χ3n) is 5.23. The van der Waals surface area contributed by atoms with E-state index in [0.717, 1.165) is 45.6 Å². The van der Waals surface area contributed by atoms with E-state index in [-0.39, 0.29) is 11.9 Å². The van der Waals surface area contributed by atoms with Crippen molar-refractivity contribution >= 4 is 5.91 Å². The molecule has 7 heteroatoms. The van der Waals surface area contributed by atoms with E-state index in [1.165, 1.54) is 12.8 Å². The number of aromatic nitrogens is 2. The molecule has 1 aliphatic carbocycles. The highest BCUT2D eigenvalue weighted by molar-refractivity contribution is 5.76. The van der Waals surface area contributed by atoms with Gasteiger partial charge in [0.2, 0.25) is 11.8 Å². The molecule has 0 bridgehead atoms. The molecule has 24 heavy (non-hydrogen) atoms. The smallest absolute Gasteiger partial charge is 0.243 e. The fourth-order valence-electron chi connectivity index (χ4n) is 3.64. The van der Waals surface area contributed by atoms with Crippen molar-refractivity contribution in [2.75, 3.05) is 32.7 Å². The number of nitrogens with zero attached hydrogens (tertiary/aromatic N) is 4. The van der Waals surface area contributed by atoms with Crippen molar-refractivity contribution in [3.63, 3.8) is 0 Å². The maximum Gasteiger partial charge on any atom is 0.243 e. The molecule has 0 unspecified atom stereocenters. The Morgan fingerprint density at radius 3 is 2.62 bits per heavy atom. The monoisotopic (exact) mass is 335 g/mol. The lowest BCUT2D eigenvalue weighted by Crippen LogP contribution is -2.48. The molecule has 2 heterocycles. The quantitative estimate of drug-likeness (QED) is 0.849. The van der Waals surface area contributed by atoms with Crippen molar-refractivity contribution < 1.29 is 9.32 Å². The summed E-state index contributed by atoms with van der Waals surface area (Å²) in [5, 5.41) is 7.04. The summed E-state index contributed by atoms with van der Waals surface area (Å²) in [4.78, 5) is 21.1. The SMILES string of the molecule is Cc1noc([C@@H](C)N2CCN(CCC(=O)NC3CCCC3)CC2)n1. The molecule has 1 saturated carbocycles. The Morgan fingerprint density at radius 2 is 2.00 bits per heavy atom. The van der Waals surface area contributed by atoms with Gasteiger partial charge < -0.3 is 14.7 Å². The zero-order chi connectivity index (χ0) is 16.9. The molecule has 1 saturated heterocycles. The summed E-state index contributed by atoms with van der Waals surface area (Å²) in [6.07, 6.45) is 5.42. The number of carbonyl (C=O) groups is 1. The van der Waals surface area contributed by atoms with Crippen LogP contribution < -0.4 is 5.32 Å². The molecule has 1 aromatic heterocycles. The van der Waals surface area contributed by atoms with Gasteiger partial charge in [0.1, 0.15) is 0 Å². The minimum absolute atomic E-state index is 0.152. The van der Waals surface area contributed by atoms with Crippen molar-refractivity contribution in [3.8, 4) is 0 Å². The first-order valence-electron chi connectivity index (χ1n) is 9.18. The second kappa shape index (κ2) is 8.07. The van der Waals surface area contributed by atoms with E-state index in [2.05, 4.69) is 32.2 Å². The first kappa shape index (κ1) is 17.4. The molecule has 2 aliphatic rings. The van der Waals surface area contributed by atoms with Crippen LogP contribution in [0, 0.1) is 6.92 Å². The van der Waals surface area contributed by atoms with E-state index < -0.39 is 0 Å². The van der Waals surface area contributed by atoms with Crippen LogP contribution in [0.15, 0.2) is 4.52 Å². The van der Waals surface area contributed by atoms with E-state index in [0.29, 0.717) is 24.2 Å². The summed E-state index contributed by atoms with van der Waals surface area (Å²) in [7, 11) is 0. The van der Waals surface area contributed by atoms with Crippen LogP contribution in [0.3, 0.4) is 0 Å². The van der Waals surface area contributed by atoms with Crippen LogP contribution >= 0.6 is 0 Å². The third kappa shape index (κ3) is 4.54. The fraction of sp³-hybridized carbons (Fsp3) is 0.824. The molecular formula is C17H29N5O2. The predicted molar refractivity (Wildman–Crippen MR) is 90.5 cm³/mol. The van der Waals surface area contributed by atoms with Gasteiger partial charge in [-0.25, -0.2) is 0 Å². The van der Waals surface area contributed by atoms with Gasteiger partial charge in [-0.1, -0.05) is 18.0 Å². The minimum atomic E-state index is 0.152. The lowest BCUT2D eigenvalue weighted by Gasteiger charge is -2.36. The Kier molecular flexibility index (Phi) is 5.84. The van der Waals surface area contributed by atoms with Gasteiger partial charge >= 0.3 is 0 Å². The Labute approximate surface area is 143 Å². The summed E-state index contributed by atoms with van der Waals surface area (Å²) < 4.78 is 5.28. The normalized spacial score (nSPS) is 21.9. The Bertz CT molecular complexity index is 533. The van der Waals surface area contributed by atoms with Crippen LogP contribution in [0.25, 0.3) is 0 Å². The average molecular weight is 335 g/mol. The molecule has 0 radical (unpaired) electrons. The number of aryl methyl sites for hydroxylation is 1. The van der Waals surface area contributed by atoms with Gasteiger partial charge in [0.15, 0.2) is 5.82 Å². The van der Waals surface area contributed by atoms with Gasteiger partial charge in [-0.3, -0.25) is 9.69 Å². The predicted octanol–water partition coefficient (Wildman–Crippen LogP) is 1.51. The minimum Gasteiger partial charge on any atom is -0.353 e. The lowest BCUT2D eigenvalue weighted by molar-refractivity contribution is -0.122. The molecule has 1 N–H and O–H groups in total. The van der Waals surface area contributed by atoms with Gasteiger partial charge in [0, 0.05) is 45.2 Å². The summed E-state index contributed by atoms with van der Waals surface area (Å²) in [5.41, 5.74) is 0. The van der Waals surface area contributed by atoms with Gasteiger partial charge in [-0.05, 0) is 26.7 Å². The van der Waals surface area contributed by atoms with Gasteiger partial charge in [-0.2, -0.15) is 4.98 Å². The van der Waals surface area contributed by atoms with E-state index >= 15 is 0 Å². The number of amides is 1. The van der Waals surface area contributed by atoms with Crippen molar-refractivity contribution in [1.29, 1.82) is 0 Å². The molecule has 0 spiro atoms. The Balaban J connectivity index is 1.36. The van der Waals surface area contributed by atoms with E-state index in [1.54, 1.807) is 0 Å². The molecule has 1 aromatic rings. The van der Waals surface area contributed by atoms with Crippen molar-refractivity contribution in [2.24, 2.45) is 0 Å². The summed E-state index contributed by atoms with van der Waals surface area (Å²) >= 11 is 0. The number of hydrogen-bond donors (Lipinski definition) is 1. The summed E-state index contributed by atoms with van der Waals surface area (Å²) in [5.74, 6) is 1.58. The standard InChI is InChI=1S/C17H29N5O2/c1-13(17-18-14(2)20-24-17)22-11-9-21(10-12-22)8-7-16(23)19-15-5-3-4-6-15/h13,15H,3-12H2,1-2H3,(H,19,23)/t13-/m1/s1. The van der Waals surface area contributed by atoms with E-state index in [9.17, 15) is 4.79 Å². The molecule has 0 aromatic carbocycles. The van der Waals surface area contributed by atoms with E-state index in [1.807, 2.05) is 6.92 Å². The number of carbonyl (C=O) groups excluding carboxylic acids is 1. The number of rotatable bonds is 6. The molecule has 1 aliphatic heterocycles. The third-order valence-corrected chi connectivity index (χ3v) is 5.23. The first-order chi connectivity index (χ1) is 11.6. The molecule has 2 fully saturated rings. The van der Waals surface area contributed by atoms with Gasteiger partial charge in [0.25, 0.3) is 0 Å². The zero-order valence-electron chi connectivity index (χ0n) is 14.8. The second-order valence-corrected chi connectivity index (χ2v) is 7.03. The Hall–Kier alpha value is -1.47.